The number of allylic oxidation sites excluding steroid dienone is 12. The molecule has 0 aromatic rings. The lowest BCUT2D eigenvalue weighted by Crippen LogP contribution is -2.60. The molecule has 0 aliphatic carbocycles. The molecule has 0 bridgehead atoms. The Morgan fingerprint density at radius 3 is 1.82 bits per heavy atom. The van der Waals surface area contributed by atoms with E-state index in [0.29, 0.717) is 19.3 Å². The number of cyclic esters (lactones) is 1. The molecule has 74 heavy (non-hydrogen) atoms. The van der Waals surface area contributed by atoms with Crippen molar-refractivity contribution in [1.82, 2.24) is 9.80 Å². The van der Waals surface area contributed by atoms with E-state index in [9.17, 15) is 35.1 Å². The van der Waals surface area contributed by atoms with E-state index in [1.807, 2.05) is 45.0 Å². The van der Waals surface area contributed by atoms with Gasteiger partial charge in [-0.15, -0.1) is 0 Å². The third-order valence-electron chi connectivity index (χ3n) is 15.4. The Kier molecular flexibility index (Phi) is 27.6. The largest absolute Gasteiger partial charge is 0.459 e. The van der Waals surface area contributed by atoms with Crippen LogP contribution in [-0.2, 0) is 38.0 Å². The zero-order valence-electron chi connectivity index (χ0n) is 47.7. The molecule has 15 heteroatoms. The number of carbonyl (C=O) groups is 2. The first-order chi connectivity index (χ1) is 34.9. The first kappa shape index (κ1) is 65.2. The number of ether oxygens (including phenoxy) is 6. The number of rotatable bonds is 21. The molecule has 3 aliphatic heterocycles. The first-order valence-corrected chi connectivity index (χ1v) is 27.6. The molecule has 3 aliphatic rings. The summed E-state index contributed by atoms with van der Waals surface area (Å²) in [6, 6.07) is -1.28. The second kappa shape index (κ2) is 31.4. The highest BCUT2D eigenvalue weighted by molar-refractivity contribution is 5.77. The van der Waals surface area contributed by atoms with Crippen LogP contribution in [0.5, 0.6) is 0 Å². The fraction of sp³-hybridized carbons (Fsp3) is 0.763. The molecule has 3 saturated heterocycles. The second-order valence-electron chi connectivity index (χ2n) is 22.2. The predicted octanol–water partition coefficient (Wildman–Crippen LogP) is 8.28. The van der Waals surface area contributed by atoms with Crippen molar-refractivity contribution in [2.24, 2.45) is 17.8 Å². The maximum absolute atomic E-state index is 14.6. The number of aliphatic hydroxyl groups is 5. The van der Waals surface area contributed by atoms with Gasteiger partial charge in [0.25, 0.3) is 0 Å². The van der Waals surface area contributed by atoms with Gasteiger partial charge in [-0.2, -0.15) is 0 Å². The number of likely N-dealkylation sites (N-methyl/N-ethyl adjacent to an activating group) is 1. The Morgan fingerprint density at radius 1 is 0.770 bits per heavy atom. The van der Waals surface area contributed by atoms with Crippen LogP contribution < -0.4 is 0 Å². The average molecular weight is 1050 g/mol. The molecule has 3 fully saturated rings. The Labute approximate surface area is 445 Å². The van der Waals surface area contributed by atoms with Crippen molar-refractivity contribution >= 4 is 11.9 Å². The molecular formula is C59H100N2O13. The van der Waals surface area contributed by atoms with Gasteiger partial charge in [0.15, 0.2) is 12.6 Å². The van der Waals surface area contributed by atoms with E-state index in [2.05, 4.69) is 67.7 Å². The highest BCUT2D eigenvalue weighted by Crippen LogP contribution is 2.40. The van der Waals surface area contributed by atoms with E-state index in [1.165, 1.54) is 14.0 Å². The van der Waals surface area contributed by atoms with Crippen LogP contribution in [0.15, 0.2) is 72.9 Å². The number of carbonyl (C=O) groups excluding carboxylic acids is 2. The summed E-state index contributed by atoms with van der Waals surface area (Å²) in [5, 5.41) is 60.0. The average Bonchev–Trinajstić information content (AvgIpc) is 3.34. The zero-order chi connectivity index (χ0) is 55.4. The molecule has 15 nitrogen and oxygen atoms in total. The van der Waals surface area contributed by atoms with Gasteiger partial charge in [-0.25, -0.2) is 0 Å². The zero-order valence-corrected chi connectivity index (χ0v) is 47.7. The Balaban J connectivity index is 1.93. The summed E-state index contributed by atoms with van der Waals surface area (Å²) >= 11 is 0. The Bertz CT molecular complexity index is 1850. The normalized spacial score (nSPS) is 38.8. The van der Waals surface area contributed by atoms with Gasteiger partial charge >= 0.3 is 5.97 Å². The van der Waals surface area contributed by atoms with Crippen molar-refractivity contribution in [3.63, 3.8) is 0 Å². The SMILES string of the molecule is CC/C=C\C/C=C\C/C=C\C/C=C\C/C=C\C/C=C\CCC(=O)N1C[C@H](C)C[C@@](C)(O)[C@H](O[C@@H]2O[C@H](C)C[C@H](N(C)C)[C@H]2O)[C@@H](C)[C@H](O[C@H]2C[C@@](C)(OC)[C@@H](O)[C@H](C)O2)[C@@H](C)C(=O)O[C@H](CC)[C@@](C)(O)[C@H](O)[C@H]1C. The molecule has 1 amide bonds. The van der Waals surface area contributed by atoms with Gasteiger partial charge in [0, 0.05) is 38.5 Å². The van der Waals surface area contributed by atoms with E-state index in [0.717, 1.165) is 32.1 Å². The van der Waals surface area contributed by atoms with Crippen LogP contribution in [0.1, 0.15) is 153 Å². The van der Waals surface area contributed by atoms with Gasteiger partial charge in [0.05, 0.1) is 47.6 Å². The van der Waals surface area contributed by atoms with Crippen LogP contribution in [0.25, 0.3) is 0 Å². The van der Waals surface area contributed by atoms with Crippen LogP contribution in [0.3, 0.4) is 0 Å². The molecule has 0 aromatic heterocycles. The maximum Gasteiger partial charge on any atom is 0.311 e. The van der Waals surface area contributed by atoms with Crippen LogP contribution in [0, 0.1) is 17.8 Å². The highest BCUT2D eigenvalue weighted by atomic mass is 16.7. The lowest BCUT2D eigenvalue weighted by molar-refractivity contribution is -0.318. The standard InChI is InChI=1S/C59H100N2O13/c1-15-17-18-19-20-21-22-23-24-25-26-27-28-29-30-31-32-33-34-35-48(62)61-39-40(3)37-57(9,67)54(74-56-50(63)46(60(12)13)36-41(4)70-56)42(5)51(73-49-38-58(10,69-14)53(65)45(8)71-49)43(6)55(66)72-47(16-2)59(11,68)52(64)44(61)7/h17-18,20-21,23-24,26-27,29-30,32-33,40-47,49-54,56,63-65,67-68H,15-16,19,22,25,28,31,34-39H2,1-14H3/b18-17-,21-20-,24-23-,27-26-,30-29-,33-32-/t40-,41-,42+,43-,44-,45+,46+,47-,49+,50-,51+,52-,53+,54-,56+,57-,58-,59-/m1/s1. The molecule has 0 radical (unpaired) electrons. The minimum Gasteiger partial charge on any atom is -0.459 e. The third kappa shape index (κ3) is 19.1. The number of amides is 1. The smallest absolute Gasteiger partial charge is 0.311 e. The van der Waals surface area contributed by atoms with E-state index in [1.54, 1.807) is 53.4 Å². The fourth-order valence-electron chi connectivity index (χ4n) is 10.8. The van der Waals surface area contributed by atoms with Gasteiger partial charge in [-0.1, -0.05) is 101 Å². The van der Waals surface area contributed by atoms with Gasteiger partial charge in [-0.05, 0) is 133 Å². The summed E-state index contributed by atoms with van der Waals surface area (Å²) in [7, 11) is 5.24. The molecular weight excluding hydrogens is 945 g/mol. The van der Waals surface area contributed by atoms with Crippen LogP contribution in [0.4, 0.5) is 0 Å². The van der Waals surface area contributed by atoms with Crippen molar-refractivity contribution in [3.05, 3.63) is 72.9 Å². The number of esters is 1. The van der Waals surface area contributed by atoms with Crippen molar-refractivity contribution in [3.8, 4) is 0 Å². The topological polar surface area (TPSA) is 197 Å². The van der Waals surface area contributed by atoms with Gasteiger partial charge in [0.2, 0.25) is 5.91 Å². The Hall–Kier alpha value is -3.06. The van der Waals surface area contributed by atoms with Crippen LogP contribution in [0.2, 0.25) is 0 Å². The number of hydrogen-bond donors (Lipinski definition) is 5. The lowest BCUT2D eigenvalue weighted by atomic mass is 9.77. The van der Waals surface area contributed by atoms with E-state index in [-0.39, 0.29) is 50.3 Å². The monoisotopic (exact) mass is 1040 g/mol. The van der Waals surface area contributed by atoms with Gasteiger partial charge in [0.1, 0.15) is 30.0 Å². The van der Waals surface area contributed by atoms with Crippen molar-refractivity contribution in [2.45, 2.75) is 244 Å². The van der Waals surface area contributed by atoms with Gasteiger partial charge < -0.3 is 63.8 Å². The number of methoxy groups -OCH3 is 1. The van der Waals surface area contributed by atoms with Gasteiger partial charge in [-0.3, -0.25) is 9.59 Å². The Morgan fingerprint density at radius 2 is 1.31 bits per heavy atom. The molecule has 3 heterocycles. The minimum atomic E-state index is -2.02. The van der Waals surface area contributed by atoms with E-state index < -0.39 is 102 Å². The second-order valence-corrected chi connectivity index (χ2v) is 22.2. The number of aliphatic hydroxyl groups excluding tert-OH is 3. The van der Waals surface area contributed by atoms with E-state index >= 15 is 0 Å². The highest BCUT2D eigenvalue weighted by Gasteiger charge is 2.53. The fourth-order valence-corrected chi connectivity index (χ4v) is 10.8. The summed E-state index contributed by atoms with van der Waals surface area (Å²) < 4.78 is 38.1. The van der Waals surface area contributed by atoms with Crippen LogP contribution >= 0.6 is 0 Å². The number of hydrogen-bond acceptors (Lipinski definition) is 14. The van der Waals surface area contributed by atoms with Crippen molar-refractivity contribution < 1.29 is 63.5 Å². The maximum atomic E-state index is 14.6. The molecule has 0 aromatic carbocycles. The minimum absolute atomic E-state index is 0.0572. The van der Waals surface area contributed by atoms with Crippen molar-refractivity contribution in [2.75, 3.05) is 27.7 Å². The van der Waals surface area contributed by atoms with Crippen LogP contribution in [-0.4, -0.2) is 165 Å². The number of nitrogens with zero attached hydrogens (tertiary/aromatic N) is 2. The summed E-state index contributed by atoms with van der Waals surface area (Å²) in [5.74, 6) is -3.37. The summed E-state index contributed by atoms with van der Waals surface area (Å²) in [5.41, 5.74) is -4.81. The summed E-state index contributed by atoms with van der Waals surface area (Å²) in [6.45, 7) is 19.4. The quantitative estimate of drug-likeness (QED) is 0.0544. The molecule has 0 saturated carbocycles. The molecule has 424 valence electrons. The molecule has 0 spiro atoms. The molecule has 0 unspecified atom stereocenters. The molecule has 5 N–H and O–H groups in total. The first-order valence-electron chi connectivity index (χ1n) is 27.6. The van der Waals surface area contributed by atoms with E-state index in [4.69, 9.17) is 28.4 Å². The third-order valence-corrected chi connectivity index (χ3v) is 15.4. The summed E-state index contributed by atoms with van der Waals surface area (Å²) in [6.07, 6.45) is 22.0. The predicted molar refractivity (Wildman–Crippen MR) is 291 cm³/mol. The van der Waals surface area contributed by atoms with Crippen molar-refractivity contribution in [1.29, 1.82) is 0 Å². The lowest BCUT2D eigenvalue weighted by Gasteiger charge is -2.48. The summed E-state index contributed by atoms with van der Waals surface area (Å²) in [4.78, 5) is 32.4. The molecule has 3 rings (SSSR count). The molecule has 18 atom stereocenters.